The number of hydrogen-bond acceptors (Lipinski definition) is 3. The Balaban J connectivity index is 2.50. The Hall–Kier alpha value is -2.18. The van der Waals surface area contributed by atoms with Crippen molar-refractivity contribution in [2.45, 2.75) is 13.1 Å². The second kappa shape index (κ2) is 4.49. The van der Waals surface area contributed by atoms with Gasteiger partial charge in [0.15, 0.2) is 5.69 Å². The van der Waals surface area contributed by atoms with Gasteiger partial charge in [-0.3, -0.25) is 0 Å². The van der Waals surface area contributed by atoms with Crippen LogP contribution in [-0.4, -0.2) is 16.9 Å². The summed E-state index contributed by atoms with van der Waals surface area (Å²) in [6, 6.07) is 6.42. The van der Waals surface area contributed by atoms with E-state index in [0.29, 0.717) is 11.4 Å². The number of alkyl halides is 3. The molecule has 2 aromatic rings. The zero-order valence-electron chi connectivity index (χ0n) is 10.3. The van der Waals surface area contributed by atoms with Crippen LogP contribution in [0.3, 0.4) is 0 Å². The molecule has 0 saturated carbocycles. The summed E-state index contributed by atoms with van der Waals surface area (Å²) < 4.78 is 44.2. The molecule has 0 unspecified atom stereocenters. The number of aromatic nitrogens is 2. The third kappa shape index (κ3) is 2.35. The molecule has 0 radical (unpaired) electrons. The van der Waals surface area contributed by atoms with E-state index in [1.165, 1.54) is 14.0 Å². The standard InChI is InChI=1S/C12H12F3N3O/c1-7-10(12(13,14)15)17-18(11(7)16)8-3-5-9(19-2)6-4-8/h3-6H,16H2,1-2H3. The van der Waals surface area contributed by atoms with E-state index in [0.717, 1.165) is 4.68 Å². The quantitative estimate of drug-likeness (QED) is 0.913. The molecule has 0 spiro atoms. The summed E-state index contributed by atoms with van der Waals surface area (Å²) in [5.74, 6) is 0.569. The molecule has 2 N–H and O–H groups in total. The lowest BCUT2D eigenvalue weighted by Gasteiger charge is -2.05. The summed E-state index contributed by atoms with van der Waals surface area (Å²) in [4.78, 5) is 0. The second-order valence-corrected chi connectivity index (χ2v) is 3.97. The summed E-state index contributed by atoms with van der Waals surface area (Å²) in [5, 5.41) is 3.53. The first-order chi connectivity index (χ1) is 8.84. The highest BCUT2D eigenvalue weighted by Gasteiger charge is 2.37. The van der Waals surface area contributed by atoms with Crippen molar-refractivity contribution in [3.05, 3.63) is 35.5 Å². The molecule has 102 valence electrons. The Labute approximate surface area is 107 Å². The molecule has 0 fully saturated rings. The Kier molecular flexibility index (Phi) is 3.13. The average Bonchev–Trinajstić information content (AvgIpc) is 2.66. The Morgan fingerprint density at radius 3 is 2.21 bits per heavy atom. The molecule has 0 amide bonds. The van der Waals surface area contributed by atoms with Crippen LogP contribution in [0.25, 0.3) is 5.69 Å². The fourth-order valence-electron chi connectivity index (χ4n) is 1.70. The highest BCUT2D eigenvalue weighted by molar-refractivity contribution is 5.50. The third-order valence-corrected chi connectivity index (χ3v) is 2.75. The van der Waals surface area contributed by atoms with E-state index >= 15 is 0 Å². The van der Waals surface area contributed by atoms with Crippen LogP contribution in [0.4, 0.5) is 19.0 Å². The summed E-state index contributed by atoms with van der Waals surface area (Å²) in [5.41, 5.74) is 5.06. The molecular formula is C12H12F3N3O. The maximum atomic E-state index is 12.7. The van der Waals surface area contributed by atoms with Crippen molar-refractivity contribution in [3.8, 4) is 11.4 Å². The van der Waals surface area contributed by atoms with Crippen LogP contribution in [-0.2, 0) is 6.18 Å². The van der Waals surface area contributed by atoms with Crippen molar-refractivity contribution >= 4 is 5.82 Å². The summed E-state index contributed by atoms with van der Waals surface area (Å²) in [6.45, 7) is 1.30. The zero-order valence-corrected chi connectivity index (χ0v) is 10.3. The van der Waals surface area contributed by atoms with E-state index in [1.54, 1.807) is 24.3 Å². The van der Waals surface area contributed by atoms with Gasteiger partial charge in [-0.1, -0.05) is 0 Å². The van der Waals surface area contributed by atoms with Crippen molar-refractivity contribution < 1.29 is 17.9 Å². The number of hydrogen-bond donors (Lipinski definition) is 1. The lowest BCUT2D eigenvalue weighted by Crippen LogP contribution is -2.08. The maximum absolute atomic E-state index is 12.7. The minimum atomic E-state index is -4.52. The van der Waals surface area contributed by atoms with Crippen molar-refractivity contribution in [2.24, 2.45) is 0 Å². The van der Waals surface area contributed by atoms with Gasteiger partial charge in [0.25, 0.3) is 0 Å². The van der Waals surface area contributed by atoms with E-state index in [1.807, 2.05) is 0 Å². The fourth-order valence-corrected chi connectivity index (χ4v) is 1.70. The number of methoxy groups -OCH3 is 1. The SMILES string of the molecule is COc1ccc(-n2nc(C(F)(F)F)c(C)c2N)cc1. The molecule has 7 heteroatoms. The Morgan fingerprint density at radius 1 is 1.21 bits per heavy atom. The smallest absolute Gasteiger partial charge is 0.435 e. The van der Waals surface area contributed by atoms with E-state index in [9.17, 15) is 13.2 Å². The average molecular weight is 271 g/mol. The molecule has 1 aromatic heterocycles. The van der Waals surface area contributed by atoms with E-state index in [-0.39, 0.29) is 11.4 Å². The summed E-state index contributed by atoms with van der Waals surface area (Å²) in [6.07, 6.45) is -4.52. The molecule has 1 heterocycles. The van der Waals surface area contributed by atoms with Crippen LogP contribution in [0, 0.1) is 6.92 Å². The molecular weight excluding hydrogens is 259 g/mol. The summed E-state index contributed by atoms with van der Waals surface area (Å²) in [7, 11) is 1.50. The van der Waals surface area contributed by atoms with Crippen molar-refractivity contribution in [1.82, 2.24) is 9.78 Å². The Bertz CT molecular complexity index is 588. The van der Waals surface area contributed by atoms with Gasteiger partial charge in [0.05, 0.1) is 12.8 Å². The molecule has 0 aliphatic rings. The van der Waals surface area contributed by atoms with Crippen LogP contribution >= 0.6 is 0 Å². The number of anilines is 1. The third-order valence-electron chi connectivity index (χ3n) is 2.75. The van der Waals surface area contributed by atoms with Crippen LogP contribution in [0.2, 0.25) is 0 Å². The molecule has 0 bridgehead atoms. The number of rotatable bonds is 2. The van der Waals surface area contributed by atoms with Gasteiger partial charge in [0.2, 0.25) is 0 Å². The lowest BCUT2D eigenvalue weighted by atomic mass is 10.2. The van der Waals surface area contributed by atoms with Gasteiger partial charge < -0.3 is 10.5 Å². The van der Waals surface area contributed by atoms with E-state index in [2.05, 4.69) is 5.10 Å². The van der Waals surface area contributed by atoms with Crippen molar-refractivity contribution in [2.75, 3.05) is 12.8 Å². The predicted molar refractivity (Wildman–Crippen MR) is 64.3 cm³/mol. The van der Waals surface area contributed by atoms with E-state index in [4.69, 9.17) is 10.5 Å². The number of nitrogens with zero attached hydrogens (tertiary/aromatic N) is 2. The van der Waals surface area contributed by atoms with E-state index < -0.39 is 11.9 Å². The largest absolute Gasteiger partial charge is 0.497 e. The molecule has 2 rings (SSSR count). The van der Waals surface area contributed by atoms with Crippen molar-refractivity contribution in [1.29, 1.82) is 0 Å². The maximum Gasteiger partial charge on any atom is 0.435 e. The molecule has 0 atom stereocenters. The predicted octanol–water partition coefficient (Wildman–Crippen LogP) is 2.79. The number of nitrogens with two attached hydrogens (primary N) is 1. The summed E-state index contributed by atoms with van der Waals surface area (Å²) >= 11 is 0. The number of nitrogen functional groups attached to an aromatic ring is 1. The van der Waals surface area contributed by atoms with Gasteiger partial charge in [-0.25, -0.2) is 4.68 Å². The van der Waals surface area contributed by atoms with Gasteiger partial charge in [-0.05, 0) is 31.2 Å². The first kappa shape index (κ1) is 13.3. The number of ether oxygens (including phenoxy) is 1. The van der Waals surface area contributed by atoms with Gasteiger partial charge >= 0.3 is 6.18 Å². The minimum absolute atomic E-state index is 0.0301. The second-order valence-electron chi connectivity index (χ2n) is 3.97. The zero-order chi connectivity index (χ0) is 14.2. The van der Waals surface area contributed by atoms with Crippen LogP contribution in [0.15, 0.2) is 24.3 Å². The fraction of sp³-hybridized carbons (Fsp3) is 0.250. The van der Waals surface area contributed by atoms with Gasteiger partial charge in [0, 0.05) is 5.56 Å². The van der Waals surface area contributed by atoms with Gasteiger partial charge in [0.1, 0.15) is 11.6 Å². The number of halogens is 3. The normalized spacial score (nSPS) is 11.6. The monoisotopic (exact) mass is 271 g/mol. The first-order valence-corrected chi connectivity index (χ1v) is 5.41. The molecule has 0 aliphatic heterocycles. The molecule has 0 saturated heterocycles. The first-order valence-electron chi connectivity index (χ1n) is 5.41. The van der Waals surface area contributed by atoms with Gasteiger partial charge in [-0.15, -0.1) is 0 Å². The molecule has 0 aliphatic carbocycles. The number of benzene rings is 1. The topological polar surface area (TPSA) is 53.1 Å². The van der Waals surface area contributed by atoms with Crippen LogP contribution < -0.4 is 10.5 Å². The van der Waals surface area contributed by atoms with Crippen LogP contribution in [0.5, 0.6) is 5.75 Å². The highest BCUT2D eigenvalue weighted by Crippen LogP contribution is 2.34. The minimum Gasteiger partial charge on any atom is -0.497 e. The highest BCUT2D eigenvalue weighted by atomic mass is 19.4. The molecule has 1 aromatic carbocycles. The van der Waals surface area contributed by atoms with Gasteiger partial charge in [-0.2, -0.15) is 18.3 Å². The molecule has 4 nitrogen and oxygen atoms in total. The van der Waals surface area contributed by atoms with Crippen LogP contribution in [0.1, 0.15) is 11.3 Å². The Morgan fingerprint density at radius 2 is 1.79 bits per heavy atom. The van der Waals surface area contributed by atoms with Crippen molar-refractivity contribution in [3.63, 3.8) is 0 Å². The lowest BCUT2D eigenvalue weighted by molar-refractivity contribution is -0.141. The molecule has 19 heavy (non-hydrogen) atoms.